The van der Waals surface area contributed by atoms with E-state index in [1.165, 1.54) is 12.1 Å². The lowest BCUT2D eigenvalue weighted by Crippen LogP contribution is -2.48. The molecule has 170 valence electrons. The fraction of sp³-hybridized carbons (Fsp3) is 0.417. The predicted molar refractivity (Wildman–Crippen MR) is 123 cm³/mol. The lowest BCUT2D eigenvalue weighted by atomic mass is 10.1. The van der Waals surface area contributed by atoms with E-state index in [0.717, 1.165) is 50.3 Å². The number of urea groups is 1. The normalized spacial score (nSPS) is 18.1. The van der Waals surface area contributed by atoms with Gasteiger partial charge in [-0.05, 0) is 61.9 Å². The highest BCUT2D eigenvalue weighted by Gasteiger charge is 2.45. The Morgan fingerprint density at radius 1 is 1.00 bits per heavy atom. The number of piperazine rings is 1. The van der Waals surface area contributed by atoms with Crippen LogP contribution in [0.25, 0.3) is 0 Å². The fourth-order valence-corrected chi connectivity index (χ4v) is 3.98. The van der Waals surface area contributed by atoms with Gasteiger partial charge < -0.3 is 20.4 Å². The Balaban J connectivity index is 1.30. The molecule has 1 aliphatic carbocycles. The second-order valence-electron chi connectivity index (χ2n) is 8.75. The second kappa shape index (κ2) is 9.26. The Kier molecular flexibility index (Phi) is 6.43. The summed E-state index contributed by atoms with van der Waals surface area (Å²) in [6.45, 7) is 4.14. The van der Waals surface area contributed by atoms with Crippen molar-refractivity contribution in [1.82, 2.24) is 15.1 Å². The molecule has 2 N–H and O–H groups in total. The molecule has 0 atom stereocenters. The molecule has 0 unspecified atom stereocenters. The molecule has 2 fully saturated rings. The topological polar surface area (TPSA) is 67.9 Å². The quantitative estimate of drug-likeness (QED) is 0.727. The van der Waals surface area contributed by atoms with Gasteiger partial charge >= 0.3 is 6.03 Å². The van der Waals surface area contributed by atoms with Crippen molar-refractivity contribution in [3.05, 3.63) is 59.9 Å². The third-order valence-corrected chi connectivity index (χ3v) is 6.34. The van der Waals surface area contributed by atoms with Crippen molar-refractivity contribution in [2.24, 2.45) is 0 Å². The molecule has 2 aromatic rings. The molecule has 0 bridgehead atoms. The Morgan fingerprint density at radius 3 is 2.22 bits per heavy atom. The summed E-state index contributed by atoms with van der Waals surface area (Å²) in [5, 5.41) is 5.85. The molecule has 3 amide bonds. The average molecular weight is 440 g/mol. The van der Waals surface area contributed by atoms with Gasteiger partial charge in [0.25, 0.3) is 0 Å². The monoisotopic (exact) mass is 439 g/mol. The summed E-state index contributed by atoms with van der Waals surface area (Å²) < 4.78 is 13.2. The zero-order chi connectivity index (χ0) is 22.7. The lowest BCUT2D eigenvalue weighted by Gasteiger charge is -2.32. The molecule has 1 saturated carbocycles. The first-order valence-electron chi connectivity index (χ1n) is 11.0. The van der Waals surface area contributed by atoms with E-state index in [1.54, 1.807) is 36.2 Å². The number of carbonyl (C=O) groups is 2. The summed E-state index contributed by atoms with van der Waals surface area (Å²) in [4.78, 5) is 31.2. The van der Waals surface area contributed by atoms with Crippen LogP contribution in [-0.2, 0) is 10.3 Å². The van der Waals surface area contributed by atoms with Gasteiger partial charge in [0.15, 0.2) is 0 Å². The summed E-state index contributed by atoms with van der Waals surface area (Å²) in [6, 6.07) is 13.2. The van der Waals surface area contributed by atoms with Crippen molar-refractivity contribution in [1.29, 1.82) is 0 Å². The van der Waals surface area contributed by atoms with Gasteiger partial charge in [0.2, 0.25) is 5.91 Å². The number of anilines is 2. The highest BCUT2D eigenvalue weighted by Crippen LogP contribution is 2.45. The molecular weight excluding hydrogens is 409 g/mol. The molecule has 4 rings (SSSR count). The summed E-state index contributed by atoms with van der Waals surface area (Å²) in [6.07, 6.45) is 1.65. The van der Waals surface area contributed by atoms with E-state index in [2.05, 4.69) is 27.5 Å². The number of nitrogens with one attached hydrogen (secondary N) is 2. The van der Waals surface area contributed by atoms with Crippen LogP contribution in [0.15, 0.2) is 48.5 Å². The van der Waals surface area contributed by atoms with Gasteiger partial charge in [0.05, 0.1) is 12.1 Å². The third-order valence-electron chi connectivity index (χ3n) is 6.34. The first-order valence-corrected chi connectivity index (χ1v) is 11.0. The van der Waals surface area contributed by atoms with Crippen LogP contribution in [0.1, 0.15) is 18.4 Å². The Hall–Kier alpha value is -2.97. The highest BCUT2D eigenvalue weighted by molar-refractivity contribution is 5.95. The summed E-state index contributed by atoms with van der Waals surface area (Å²) in [5.74, 6) is -0.246. The van der Waals surface area contributed by atoms with Crippen LogP contribution >= 0.6 is 0 Å². The molecule has 1 heterocycles. The van der Waals surface area contributed by atoms with Gasteiger partial charge in [-0.2, -0.15) is 0 Å². The number of carbonyl (C=O) groups excluding carboxylic acids is 2. The van der Waals surface area contributed by atoms with E-state index in [0.29, 0.717) is 12.2 Å². The van der Waals surface area contributed by atoms with Crippen LogP contribution in [0, 0.1) is 5.82 Å². The molecule has 1 saturated heterocycles. The maximum Gasteiger partial charge on any atom is 0.319 e. The zero-order valence-electron chi connectivity index (χ0n) is 18.6. The van der Waals surface area contributed by atoms with Crippen molar-refractivity contribution >= 4 is 23.3 Å². The summed E-state index contributed by atoms with van der Waals surface area (Å²) in [7, 11) is 3.86. The minimum Gasteiger partial charge on any atom is -0.328 e. The van der Waals surface area contributed by atoms with Gasteiger partial charge in [-0.25, -0.2) is 9.18 Å². The first-order chi connectivity index (χ1) is 15.3. The largest absolute Gasteiger partial charge is 0.328 e. The number of rotatable bonds is 6. The van der Waals surface area contributed by atoms with Crippen LogP contribution in [0.3, 0.4) is 0 Å². The van der Waals surface area contributed by atoms with Crippen LogP contribution in [0.5, 0.6) is 0 Å². The molecule has 32 heavy (non-hydrogen) atoms. The van der Waals surface area contributed by atoms with Crippen molar-refractivity contribution in [3.8, 4) is 0 Å². The number of benzene rings is 2. The molecule has 0 aromatic heterocycles. The van der Waals surface area contributed by atoms with E-state index < -0.39 is 5.54 Å². The summed E-state index contributed by atoms with van der Waals surface area (Å²) in [5.41, 5.74) is 1.90. The zero-order valence-corrected chi connectivity index (χ0v) is 18.6. The van der Waals surface area contributed by atoms with Crippen LogP contribution < -0.4 is 15.5 Å². The number of nitrogens with zero attached hydrogens (tertiary/aromatic N) is 3. The highest BCUT2D eigenvalue weighted by atomic mass is 19.1. The minimum atomic E-state index is -0.423. The van der Waals surface area contributed by atoms with Crippen LogP contribution in [-0.4, -0.2) is 68.6 Å². The standard InChI is InChI=1S/C24H30FN5O2/c1-28-13-15-30(16-14-28)17-22(31)29(2)21-9-7-20(8-10-21)26-23(32)27-24(11-12-24)18-3-5-19(25)6-4-18/h3-10H,11-17H2,1-2H3,(H2,26,27,32). The van der Waals surface area contributed by atoms with Crippen molar-refractivity contribution in [2.45, 2.75) is 18.4 Å². The Bertz CT molecular complexity index is 951. The number of hydrogen-bond donors (Lipinski definition) is 2. The third kappa shape index (κ3) is 5.26. The predicted octanol–water partition coefficient (Wildman–Crippen LogP) is 2.85. The van der Waals surface area contributed by atoms with E-state index >= 15 is 0 Å². The van der Waals surface area contributed by atoms with Gasteiger partial charge in [0.1, 0.15) is 5.82 Å². The van der Waals surface area contributed by atoms with Gasteiger partial charge in [-0.3, -0.25) is 9.69 Å². The maximum atomic E-state index is 13.2. The Labute approximate surface area is 188 Å². The number of amides is 3. The lowest BCUT2D eigenvalue weighted by molar-refractivity contribution is -0.119. The number of likely N-dealkylation sites (N-methyl/N-ethyl adjacent to an activating group) is 2. The molecule has 8 heteroatoms. The minimum absolute atomic E-state index is 0.0444. The first kappa shape index (κ1) is 22.2. The van der Waals surface area contributed by atoms with E-state index in [-0.39, 0.29) is 17.8 Å². The Morgan fingerprint density at radius 2 is 1.62 bits per heavy atom. The molecule has 2 aromatic carbocycles. The van der Waals surface area contributed by atoms with Crippen molar-refractivity contribution in [3.63, 3.8) is 0 Å². The molecule has 7 nitrogen and oxygen atoms in total. The molecule has 1 aliphatic heterocycles. The van der Waals surface area contributed by atoms with Gasteiger partial charge in [0, 0.05) is 44.6 Å². The molecule has 0 radical (unpaired) electrons. The average Bonchev–Trinajstić information content (AvgIpc) is 3.56. The molecular formula is C24H30FN5O2. The molecule has 2 aliphatic rings. The van der Waals surface area contributed by atoms with Gasteiger partial charge in [-0.1, -0.05) is 12.1 Å². The van der Waals surface area contributed by atoms with E-state index in [9.17, 15) is 14.0 Å². The number of halogens is 1. The summed E-state index contributed by atoms with van der Waals surface area (Å²) >= 11 is 0. The fourth-order valence-electron chi connectivity index (χ4n) is 3.98. The smallest absolute Gasteiger partial charge is 0.319 e. The second-order valence-corrected chi connectivity index (χ2v) is 8.75. The SMILES string of the molecule is CN1CCN(CC(=O)N(C)c2ccc(NC(=O)NC3(c4ccc(F)cc4)CC3)cc2)CC1. The van der Waals surface area contributed by atoms with Crippen LogP contribution in [0.4, 0.5) is 20.6 Å². The van der Waals surface area contributed by atoms with Crippen molar-refractivity contribution < 1.29 is 14.0 Å². The van der Waals surface area contributed by atoms with E-state index in [1.807, 2.05) is 12.1 Å². The number of hydrogen-bond acceptors (Lipinski definition) is 4. The van der Waals surface area contributed by atoms with Crippen LogP contribution in [0.2, 0.25) is 0 Å². The van der Waals surface area contributed by atoms with E-state index in [4.69, 9.17) is 0 Å². The maximum absolute atomic E-state index is 13.2. The van der Waals surface area contributed by atoms with Gasteiger partial charge in [-0.15, -0.1) is 0 Å². The van der Waals surface area contributed by atoms with Crippen molar-refractivity contribution in [2.75, 3.05) is 57.0 Å². The molecule has 0 spiro atoms.